The molecule has 3 heterocycles. The number of thiazole rings is 1. The first-order valence-electron chi connectivity index (χ1n) is 9.15. The first-order chi connectivity index (χ1) is 13.8. The van der Waals surface area contributed by atoms with Crippen molar-refractivity contribution in [2.45, 2.75) is 18.9 Å². The first kappa shape index (κ1) is 17.1. The molecule has 1 aliphatic heterocycles. The van der Waals surface area contributed by atoms with Crippen LogP contribution in [0.5, 0.6) is 11.6 Å². The van der Waals surface area contributed by atoms with Crippen LogP contribution < -0.4 is 9.64 Å². The van der Waals surface area contributed by atoms with Gasteiger partial charge in [-0.15, -0.1) is 11.3 Å². The number of anilines is 1. The van der Waals surface area contributed by atoms with Crippen molar-refractivity contribution in [2.24, 2.45) is 0 Å². The minimum absolute atomic E-state index is 0.165. The standard InChI is InChI=1S/C21H17FN4OS/c22-14-7-9-15(10-8-14)27-19-11-12-23-21(25-19)26-13-3-5-17(26)20-24-16-4-1-2-6-18(16)28-20/h1-2,4,6-12,17H,3,5,13H2. The van der Waals surface area contributed by atoms with E-state index in [4.69, 9.17) is 9.72 Å². The Morgan fingerprint density at radius 3 is 2.75 bits per heavy atom. The van der Waals surface area contributed by atoms with Crippen LogP contribution in [0.4, 0.5) is 10.3 Å². The zero-order chi connectivity index (χ0) is 18.9. The lowest BCUT2D eigenvalue weighted by Gasteiger charge is -2.23. The molecule has 1 fully saturated rings. The van der Waals surface area contributed by atoms with Crippen LogP contribution in [0.1, 0.15) is 23.9 Å². The molecule has 0 bridgehead atoms. The molecule has 2 aromatic carbocycles. The quantitative estimate of drug-likeness (QED) is 0.468. The van der Waals surface area contributed by atoms with Crippen molar-refractivity contribution in [1.82, 2.24) is 15.0 Å². The molecule has 0 aliphatic carbocycles. The summed E-state index contributed by atoms with van der Waals surface area (Å²) in [5.41, 5.74) is 1.03. The molecule has 1 unspecified atom stereocenters. The number of halogens is 1. The van der Waals surface area contributed by atoms with E-state index in [1.165, 1.54) is 16.8 Å². The molecule has 7 heteroatoms. The molecular formula is C21H17FN4OS. The Morgan fingerprint density at radius 2 is 1.89 bits per heavy atom. The van der Waals surface area contributed by atoms with Crippen molar-refractivity contribution in [1.29, 1.82) is 0 Å². The highest BCUT2D eigenvalue weighted by atomic mass is 32.1. The van der Waals surface area contributed by atoms with Gasteiger partial charge in [-0.3, -0.25) is 0 Å². The lowest BCUT2D eigenvalue weighted by Crippen LogP contribution is -2.24. The highest BCUT2D eigenvalue weighted by Gasteiger charge is 2.30. The fourth-order valence-corrected chi connectivity index (χ4v) is 4.56. The molecule has 0 N–H and O–H groups in total. The summed E-state index contributed by atoms with van der Waals surface area (Å²) in [6, 6.07) is 15.9. The Bertz CT molecular complexity index is 1080. The zero-order valence-corrected chi connectivity index (χ0v) is 15.8. The van der Waals surface area contributed by atoms with E-state index in [1.807, 2.05) is 18.2 Å². The normalized spacial score (nSPS) is 16.6. The van der Waals surface area contributed by atoms with Crippen LogP contribution in [-0.4, -0.2) is 21.5 Å². The van der Waals surface area contributed by atoms with Gasteiger partial charge in [0, 0.05) is 18.8 Å². The van der Waals surface area contributed by atoms with Gasteiger partial charge in [0.1, 0.15) is 16.6 Å². The molecule has 140 valence electrons. The Kier molecular flexibility index (Phi) is 4.37. The van der Waals surface area contributed by atoms with Gasteiger partial charge in [0.2, 0.25) is 11.8 Å². The monoisotopic (exact) mass is 392 g/mol. The molecule has 28 heavy (non-hydrogen) atoms. The van der Waals surface area contributed by atoms with Crippen LogP contribution in [0.3, 0.4) is 0 Å². The summed E-state index contributed by atoms with van der Waals surface area (Å²) < 4.78 is 20.0. The molecule has 0 saturated carbocycles. The predicted molar refractivity (Wildman–Crippen MR) is 107 cm³/mol. The average molecular weight is 392 g/mol. The minimum atomic E-state index is -0.300. The summed E-state index contributed by atoms with van der Waals surface area (Å²) in [6.45, 7) is 0.876. The number of hydrogen-bond donors (Lipinski definition) is 0. The Hall–Kier alpha value is -3.06. The largest absolute Gasteiger partial charge is 0.439 e. The van der Waals surface area contributed by atoms with E-state index in [1.54, 1.807) is 35.7 Å². The van der Waals surface area contributed by atoms with Gasteiger partial charge in [0.05, 0.1) is 16.3 Å². The number of hydrogen-bond acceptors (Lipinski definition) is 6. The van der Waals surface area contributed by atoms with Gasteiger partial charge in [-0.2, -0.15) is 4.98 Å². The van der Waals surface area contributed by atoms with Crippen LogP contribution in [0.15, 0.2) is 60.8 Å². The molecular weight excluding hydrogens is 375 g/mol. The SMILES string of the molecule is Fc1ccc(Oc2ccnc(N3CCCC3c3nc4ccccc4s3)n2)cc1. The fourth-order valence-electron chi connectivity index (χ4n) is 3.45. The molecule has 4 aromatic rings. The molecule has 0 radical (unpaired) electrons. The Balaban J connectivity index is 1.42. The van der Waals surface area contributed by atoms with Crippen LogP contribution in [0, 0.1) is 5.82 Å². The van der Waals surface area contributed by atoms with Gasteiger partial charge in [-0.1, -0.05) is 12.1 Å². The molecule has 5 rings (SSSR count). The Morgan fingerprint density at radius 1 is 1.04 bits per heavy atom. The second-order valence-electron chi connectivity index (χ2n) is 6.62. The topological polar surface area (TPSA) is 51.1 Å². The first-order valence-corrected chi connectivity index (χ1v) is 9.96. The second kappa shape index (κ2) is 7.16. The zero-order valence-electron chi connectivity index (χ0n) is 15.0. The van der Waals surface area contributed by atoms with Gasteiger partial charge in [0.25, 0.3) is 0 Å². The molecule has 5 nitrogen and oxygen atoms in total. The summed E-state index contributed by atoms with van der Waals surface area (Å²) in [5.74, 6) is 1.30. The number of fused-ring (bicyclic) bond motifs is 1. The van der Waals surface area contributed by atoms with Crippen molar-refractivity contribution in [3.63, 3.8) is 0 Å². The van der Waals surface area contributed by atoms with Gasteiger partial charge < -0.3 is 9.64 Å². The van der Waals surface area contributed by atoms with E-state index >= 15 is 0 Å². The lowest BCUT2D eigenvalue weighted by molar-refractivity contribution is 0.459. The van der Waals surface area contributed by atoms with E-state index in [-0.39, 0.29) is 11.9 Å². The summed E-state index contributed by atoms with van der Waals surface area (Å²) in [5, 5.41) is 1.09. The Labute approximate surface area is 165 Å². The van der Waals surface area contributed by atoms with Crippen LogP contribution in [-0.2, 0) is 0 Å². The van der Waals surface area contributed by atoms with Crippen LogP contribution in [0.2, 0.25) is 0 Å². The lowest BCUT2D eigenvalue weighted by atomic mass is 10.2. The smallest absolute Gasteiger partial charge is 0.229 e. The van der Waals surface area contributed by atoms with Crippen molar-refractivity contribution < 1.29 is 9.13 Å². The number of ether oxygens (including phenoxy) is 1. The van der Waals surface area contributed by atoms with Crippen LogP contribution >= 0.6 is 11.3 Å². The molecule has 1 saturated heterocycles. The third-order valence-electron chi connectivity index (χ3n) is 4.76. The van der Waals surface area contributed by atoms with E-state index in [9.17, 15) is 4.39 Å². The number of aromatic nitrogens is 3. The highest BCUT2D eigenvalue weighted by Crippen LogP contribution is 2.38. The van der Waals surface area contributed by atoms with Crippen molar-refractivity contribution in [2.75, 3.05) is 11.4 Å². The van der Waals surface area contributed by atoms with Crippen molar-refractivity contribution >= 4 is 27.5 Å². The molecule has 1 atom stereocenters. The third-order valence-corrected chi connectivity index (χ3v) is 5.90. The average Bonchev–Trinajstić information content (AvgIpc) is 3.36. The number of rotatable bonds is 4. The maximum atomic E-state index is 13.1. The summed E-state index contributed by atoms with van der Waals surface area (Å²) in [6.07, 6.45) is 3.77. The van der Waals surface area contributed by atoms with Gasteiger partial charge in [0.15, 0.2) is 0 Å². The molecule has 1 aliphatic rings. The van der Waals surface area contributed by atoms with E-state index in [0.717, 1.165) is 29.9 Å². The van der Waals surface area contributed by atoms with Crippen molar-refractivity contribution in [3.05, 3.63) is 71.6 Å². The van der Waals surface area contributed by atoms with E-state index in [2.05, 4.69) is 20.9 Å². The van der Waals surface area contributed by atoms with Gasteiger partial charge in [-0.05, 0) is 49.2 Å². The predicted octanol–water partition coefficient (Wildman–Crippen LogP) is 5.36. The van der Waals surface area contributed by atoms with Crippen LogP contribution in [0.25, 0.3) is 10.2 Å². The highest BCUT2D eigenvalue weighted by molar-refractivity contribution is 7.18. The molecule has 2 aromatic heterocycles. The number of benzene rings is 2. The van der Waals surface area contributed by atoms with E-state index < -0.39 is 0 Å². The number of nitrogens with zero attached hydrogens (tertiary/aromatic N) is 4. The number of para-hydroxylation sites is 1. The van der Waals surface area contributed by atoms with Gasteiger partial charge >= 0.3 is 0 Å². The third kappa shape index (κ3) is 3.29. The maximum absolute atomic E-state index is 13.1. The molecule has 0 spiro atoms. The van der Waals surface area contributed by atoms with Gasteiger partial charge in [-0.25, -0.2) is 14.4 Å². The van der Waals surface area contributed by atoms with Crippen molar-refractivity contribution in [3.8, 4) is 11.6 Å². The summed E-state index contributed by atoms with van der Waals surface area (Å²) in [4.78, 5) is 16.0. The fraction of sp³-hybridized carbons (Fsp3) is 0.190. The summed E-state index contributed by atoms with van der Waals surface area (Å²) >= 11 is 1.73. The second-order valence-corrected chi connectivity index (χ2v) is 7.68. The van der Waals surface area contributed by atoms with E-state index in [0.29, 0.717) is 17.6 Å². The maximum Gasteiger partial charge on any atom is 0.229 e. The summed E-state index contributed by atoms with van der Waals surface area (Å²) in [7, 11) is 0. The molecule has 0 amide bonds. The minimum Gasteiger partial charge on any atom is -0.439 e.